The molecular formula is C12H18O. The van der Waals surface area contributed by atoms with Gasteiger partial charge >= 0.3 is 0 Å². The van der Waals surface area contributed by atoms with Gasteiger partial charge in [-0.3, -0.25) is 0 Å². The van der Waals surface area contributed by atoms with Crippen LogP contribution in [0.2, 0.25) is 0 Å². The molecule has 0 aromatic heterocycles. The van der Waals surface area contributed by atoms with Gasteiger partial charge in [0.15, 0.2) is 0 Å². The van der Waals surface area contributed by atoms with Crippen LogP contribution >= 0.6 is 0 Å². The molecule has 0 amide bonds. The van der Waals surface area contributed by atoms with Crippen molar-refractivity contribution in [2.45, 2.75) is 56.7 Å². The highest BCUT2D eigenvalue weighted by molar-refractivity contribution is 5.19. The number of hydrogen-bond donors (Lipinski definition) is 0. The molecule has 2 aliphatic heterocycles. The fraction of sp³-hybridized carbons (Fsp3) is 0.833. The Balaban J connectivity index is 2.01. The van der Waals surface area contributed by atoms with E-state index in [-0.39, 0.29) is 11.2 Å². The summed E-state index contributed by atoms with van der Waals surface area (Å²) < 4.78 is 6.31. The van der Waals surface area contributed by atoms with E-state index in [0.717, 1.165) is 18.8 Å². The van der Waals surface area contributed by atoms with Crippen molar-refractivity contribution in [1.29, 1.82) is 0 Å². The lowest BCUT2D eigenvalue weighted by Crippen LogP contribution is -2.39. The topological polar surface area (TPSA) is 9.23 Å². The van der Waals surface area contributed by atoms with Crippen LogP contribution in [0.3, 0.4) is 0 Å². The monoisotopic (exact) mass is 178 g/mol. The lowest BCUT2D eigenvalue weighted by molar-refractivity contribution is -0.117. The summed E-state index contributed by atoms with van der Waals surface area (Å²) in [6, 6.07) is 0. The van der Waals surface area contributed by atoms with Gasteiger partial charge in [-0.2, -0.15) is 0 Å². The summed E-state index contributed by atoms with van der Waals surface area (Å²) in [6.07, 6.45) is 7.58. The summed E-state index contributed by atoms with van der Waals surface area (Å²) in [5.41, 5.74) is 1.82. The average Bonchev–Trinajstić information content (AvgIpc) is 2.36. The maximum atomic E-state index is 6.31. The molecule has 3 fully saturated rings. The minimum absolute atomic E-state index is 0.153. The van der Waals surface area contributed by atoms with Gasteiger partial charge < -0.3 is 4.74 Å². The zero-order valence-electron chi connectivity index (χ0n) is 8.44. The molecule has 2 heterocycles. The van der Waals surface area contributed by atoms with Gasteiger partial charge in [0, 0.05) is 0 Å². The van der Waals surface area contributed by atoms with E-state index in [9.17, 15) is 0 Å². The summed E-state index contributed by atoms with van der Waals surface area (Å²) in [7, 11) is 0. The molecule has 2 saturated heterocycles. The Morgan fingerprint density at radius 1 is 1.46 bits per heavy atom. The minimum Gasteiger partial charge on any atom is -0.368 e. The van der Waals surface area contributed by atoms with Crippen LogP contribution in [0.1, 0.15) is 45.4 Å². The minimum atomic E-state index is 0.153. The van der Waals surface area contributed by atoms with Gasteiger partial charge in [-0.05, 0) is 44.9 Å². The fourth-order valence-corrected chi connectivity index (χ4v) is 3.98. The normalized spacial score (nSPS) is 53.9. The quantitative estimate of drug-likeness (QED) is 0.518. The van der Waals surface area contributed by atoms with Crippen molar-refractivity contribution < 1.29 is 4.74 Å². The highest BCUT2D eigenvalue weighted by Gasteiger charge is 2.58. The van der Waals surface area contributed by atoms with Crippen LogP contribution in [0.25, 0.3) is 0 Å². The van der Waals surface area contributed by atoms with Crippen LogP contribution in [-0.2, 0) is 4.74 Å². The van der Waals surface area contributed by atoms with Crippen LogP contribution in [-0.4, -0.2) is 11.2 Å². The molecule has 0 aromatic rings. The molecule has 3 atom stereocenters. The molecule has 2 bridgehead atoms. The number of hydrogen-bond acceptors (Lipinski definition) is 1. The molecule has 1 heteroatoms. The van der Waals surface area contributed by atoms with E-state index < -0.39 is 0 Å². The molecule has 3 rings (SSSR count). The molecule has 0 N–H and O–H groups in total. The van der Waals surface area contributed by atoms with Crippen molar-refractivity contribution in [1.82, 2.24) is 0 Å². The third-order valence-corrected chi connectivity index (χ3v) is 4.20. The highest BCUT2D eigenvalue weighted by atomic mass is 16.5. The van der Waals surface area contributed by atoms with Crippen LogP contribution < -0.4 is 0 Å². The number of rotatable bonds is 0. The van der Waals surface area contributed by atoms with E-state index in [1.807, 2.05) is 0 Å². The van der Waals surface area contributed by atoms with Crippen molar-refractivity contribution in [2.75, 3.05) is 0 Å². The average molecular weight is 178 g/mol. The summed E-state index contributed by atoms with van der Waals surface area (Å²) >= 11 is 0. The second-order valence-electron chi connectivity index (χ2n) is 5.51. The van der Waals surface area contributed by atoms with E-state index in [0.29, 0.717) is 0 Å². The summed E-state index contributed by atoms with van der Waals surface area (Å²) in [4.78, 5) is 0. The molecule has 1 nitrogen and oxygen atoms in total. The van der Waals surface area contributed by atoms with Gasteiger partial charge in [-0.15, -0.1) is 0 Å². The summed E-state index contributed by atoms with van der Waals surface area (Å²) in [6.45, 7) is 6.45. The molecule has 3 aliphatic rings. The smallest absolute Gasteiger partial charge is 0.0756 e. The van der Waals surface area contributed by atoms with Gasteiger partial charge in [-0.25, -0.2) is 0 Å². The van der Waals surface area contributed by atoms with Crippen molar-refractivity contribution >= 4 is 0 Å². The molecule has 1 spiro atoms. The first-order valence-corrected chi connectivity index (χ1v) is 5.49. The van der Waals surface area contributed by atoms with Crippen LogP contribution in [0.5, 0.6) is 0 Å². The van der Waals surface area contributed by atoms with Gasteiger partial charge in [0.25, 0.3) is 0 Å². The Bertz CT molecular complexity index is 270. The van der Waals surface area contributed by atoms with E-state index in [4.69, 9.17) is 4.74 Å². The Hall–Kier alpha value is -0.300. The SMILES string of the molecule is C=C1C[C@@]2(C)C[C@@H]3CCC[C@]3(C1)O2. The molecular weight excluding hydrogens is 160 g/mol. The second-order valence-corrected chi connectivity index (χ2v) is 5.51. The van der Waals surface area contributed by atoms with Crippen molar-refractivity contribution in [3.63, 3.8) is 0 Å². The molecule has 0 radical (unpaired) electrons. The van der Waals surface area contributed by atoms with E-state index >= 15 is 0 Å². The van der Waals surface area contributed by atoms with Crippen molar-refractivity contribution in [3.05, 3.63) is 12.2 Å². The first kappa shape index (κ1) is 8.05. The Morgan fingerprint density at radius 2 is 2.31 bits per heavy atom. The number of fused-ring (bicyclic) bond motifs is 1. The van der Waals surface area contributed by atoms with Gasteiger partial charge in [-0.1, -0.05) is 18.6 Å². The summed E-state index contributed by atoms with van der Waals surface area (Å²) in [5, 5.41) is 0. The molecule has 72 valence electrons. The maximum Gasteiger partial charge on any atom is 0.0756 e. The third-order valence-electron chi connectivity index (χ3n) is 4.20. The highest BCUT2D eigenvalue weighted by Crippen LogP contribution is 2.59. The summed E-state index contributed by atoms with van der Waals surface area (Å²) in [5.74, 6) is 0.844. The van der Waals surface area contributed by atoms with Crippen molar-refractivity contribution in [2.24, 2.45) is 5.92 Å². The van der Waals surface area contributed by atoms with Crippen LogP contribution in [0.4, 0.5) is 0 Å². The lowest BCUT2D eigenvalue weighted by Gasteiger charge is -2.39. The maximum absolute atomic E-state index is 6.31. The van der Waals surface area contributed by atoms with Gasteiger partial charge in [0.2, 0.25) is 0 Å². The van der Waals surface area contributed by atoms with E-state index in [1.165, 1.54) is 31.3 Å². The molecule has 1 saturated carbocycles. The predicted molar refractivity (Wildman–Crippen MR) is 52.6 cm³/mol. The molecule has 1 aliphatic carbocycles. The first-order valence-electron chi connectivity index (χ1n) is 5.49. The van der Waals surface area contributed by atoms with Gasteiger partial charge in [0.1, 0.15) is 0 Å². The number of ether oxygens (including phenoxy) is 1. The Kier molecular flexibility index (Phi) is 1.36. The standard InChI is InChI=1S/C12H18O/c1-9-6-11(2)8-10-4-3-5-12(10,7-9)13-11/h10H,1,3-8H2,2H3/t10-,11-,12+/m0/s1. The fourth-order valence-electron chi connectivity index (χ4n) is 3.98. The van der Waals surface area contributed by atoms with E-state index in [1.54, 1.807) is 0 Å². The largest absolute Gasteiger partial charge is 0.368 e. The second kappa shape index (κ2) is 2.20. The van der Waals surface area contributed by atoms with Crippen LogP contribution in [0.15, 0.2) is 12.2 Å². The zero-order chi connectivity index (χ0) is 9.10. The molecule has 0 unspecified atom stereocenters. The van der Waals surface area contributed by atoms with Crippen molar-refractivity contribution in [3.8, 4) is 0 Å². The van der Waals surface area contributed by atoms with Gasteiger partial charge in [0.05, 0.1) is 11.2 Å². The predicted octanol–water partition coefficient (Wildman–Crippen LogP) is 3.05. The first-order chi connectivity index (χ1) is 6.12. The molecule has 0 aromatic carbocycles. The zero-order valence-corrected chi connectivity index (χ0v) is 8.44. The lowest BCUT2D eigenvalue weighted by atomic mass is 9.87. The third kappa shape index (κ3) is 0.969. The molecule has 13 heavy (non-hydrogen) atoms. The Labute approximate surface area is 80.2 Å². The Morgan fingerprint density at radius 3 is 3.15 bits per heavy atom. The van der Waals surface area contributed by atoms with Crippen LogP contribution in [0, 0.1) is 5.92 Å². The van der Waals surface area contributed by atoms with E-state index in [2.05, 4.69) is 13.5 Å².